The highest BCUT2D eigenvalue weighted by molar-refractivity contribution is 6.04. The number of nitrogens with one attached hydrogen (secondary N) is 1. The number of nitrogens with two attached hydrogens (primary N) is 1. The fraction of sp³-hybridized carbons (Fsp3) is 0.312. The van der Waals surface area contributed by atoms with Crippen molar-refractivity contribution < 1.29 is 4.79 Å². The SMILES string of the molecule is CCc1cccc(NC(=O)c2cc(N)cn2C2CC2)c1. The molecule has 1 aliphatic carbocycles. The van der Waals surface area contributed by atoms with E-state index in [1.54, 1.807) is 6.07 Å². The van der Waals surface area contributed by atoms with E-state index in [4.69, 9.17) is 5.73 Å². The lowest BCUT2D eigenvalue weighted by molar-refractivity contribution is 0.101. The molecule has 2 aromatic rings. The lowest BCUT2D eigenvalue weighted by atomic mass is 10.1. The van der Waals surface area contributed by atoms with Crippen molar-refractivity contribution in [3.63, 3.8) is 0 Å². The molecule has 0 unspecified atom stereocenters. The molecule has 3 rings (SSSR count). The largest absolute Gasteiger partial charge is 0.397 e. The molecular weight excluding hydrogens is 250 g/mol. The van der Waals surface area contributed by atoms with Crippen LogP contribution in [0, 0.1) is 0 Å². The van der Waals surface area contributed by atoms with Gasteiger partial charge in [0.25, 0.3) is 5.91 Å². The molecule has 1 fully saturated rings. The van der Waals surface area contributed by atoms with Gasteiger partial charge in [-0.05, 0) is 43.0 Å². The Bertz CT molecular complexity index is 641. The van der Waals surface area contributed by atoms with Gasteiger partial charge in [0.2, 0.25) is 0 Å². The van der Waals surface area contributed by atoms with Gasteiger partial charge >= 0.3 is 0 Å². The summed E-state index contributed by atoms with van der Waals surface area (Å²) in [6.07, 6.45) is 5.06. The molecule has 4 heteroatoms. The lowest BCUT2D eigenvalue weighted by Gasteiger charge is -2.09. The molecule has 3 N–H and O–H groups in total. The number of hydrogen-bond donors (Lipinski definition) is 2. The van der Waals surface area contributed by atoms with Crippen molar-refractivity contribution >= 4 is 17.3 Å². The molecule has 0 saturated heterocycles. The molecule has 1 aromatic carbocycles. The van der Waals surface area contributed by atoms with Crippen LogP contribution in [-0.2, 0) is 6.42 Å². The van der Waals surface area contributed by atoms with Crippen molar-refractivity contribution in [3.05, 3.63) is 47.8 Å². The molecule has 4 nitrogen and oxygen atoms in total. The maximum absolute atomic E-state index is 12.4. The number of anilines is 2. The second-order valence-corrected chi connectivity index (χ2v) is 5.31. The third-order valence-corrected chi connectivity index (χ3v) is 3.64. The topological polar surface area (TPSA) is 60.1 Å². The predicted octanol–water partition coefficient (Wildman–Crippen LogP) is 3.22. The van der Waals surface area contributed by atoms with Gasteiger partial charge in [0.05, 0.1) is 5.69 Å². The monoisotopic (exact) mass is 269 g/mol. The maximum atomic E-state index is 12.4. The Kier molecular flexibility index (Phi) is 3.22. The van der Waals surface area contributed by atoms with E-state index in [2.05, 4.69) is 18.3 Å². The minimum atomic E-state index is -0.0955. The van der Waals surface area contributed by atoms with Crippen LogP contribution in [0.3, 0.4) is 0 Å². The zero-order chi connectivity index (χ0) is 14.1. The molecule has 104 valence electrons. The van der Waals surface area contributed by atoms with E-state index in [9.17, 15) is 4.79 Å². The summed E-state index contributed by atoms with van der Waals surface area (Å²) in [5.74, 6) is -0.0955. The molecule has 1 aliphatic rings. The van der Waals surface area contributed by atoms with Crippen LogP contribution in [0.5, 0.6) is 0 Å². The number of nitrogens with zero attached hydrogens (tertiary/aromatic N) is 1. The molecular formula is C16H19N3O. The van der Waals surface area contributed by atoms with Crippen LogP contribution < -0.4 is 11.1 Å². The molecule has 20 heavy (non-hydrogen) atoms. The second-order valence-electron chi connectivity index (χ2n) is 5.31. The second kappa shape index (κ2) is 5.04. The van der Waals surface area contributed by atoms with E-state index in [1.165, 1.54) is 5.56 Å². The Morgan fingerprint density at radius 2 is 2.20 bits per heavy atom. The van der Waals surface area contributed by atoms with Gasteiger partial charge in [-0.15, -0.1) is 0 Å². The number of amides is 1. The summed E-state index contributed by atoms with van der Waals surface area (Å²) in [6, 6.07) is 10.1. The van der Waals surface area contributed by atoms with Crippen LogP contribution in [0.4, 0.5) is 11.4 Å². The number of rotatable bonds is 4. The maximum Gasteiger partial charge on any atom is 0.272 e. The van der Waals surface area contributed by atoms with Crippen molar-refractivity contribution in [2.45, 2.75) is 32.2 Å². The van der Waals surface area contributed by atoms with E-state index < -0.39 is 0 Å². The molecule has 0 spiro atoms. The van der Waals surface area contributed by atoms with Gasteiger partial charge in [-0.25, -0.2) is 0 Å². The van der Waals surface area contributed by atoms with E-state index >= 15 is 0 Å². The van der Waals surface area contributed by atoms with Crippen LogP contribution in [0.1, 0.15) is 41.9 Å². The Hall–Kier alpha value is -2.23. The van der Waals surface area contributed by atoms with Crippen molar-refractivity contribution in [2.75, 3.05) is 11.1 Å². The van der Waals surface area contributed by atoms with Crippen LogP contribution in [-0.4, -0.2) is 10.5 Å². The average Bonchev–Trinajstić information content (AvgIpc) is 3.21. The van der Waals surface area contributed by atoms with Gasteiger partial charge < -0.3 is 15.6 Å². The van der Waals surface area contributed by atoms with Crippen LogP contribution in [0.25, 0.3) is 0 Å². The summed E-state index contributed by atoms with van der Waals surface area (Å²) in [4.78, 5) is 12.4. The highest BCUT2D eigenvalue weighted by Gasteiger charge is 2.27. The summed E-state index contributed by atoms with van der Waals surface area (Å²) in [7, 11) is 0. The summed E-state index contributed by atoms with van der Waals surface area (Å²) in [5.41, 5.74) is 9.15. The number of aryl methyl sites for hydroxylation is 1. The molecule has 1 heterocycles. The molecule has 0 bridgehead atoms. The fourth-order valence-electron chi connectivity index (χ4n) is 2.40. The Balaban J connectivity index is 1.82. The standard InChI is InChI=1S/C16H19N3O/c1-2-11-4-3-5-13(8-11)18-16(20)15-9-12(17)10-19(15)14-6-7-14/h3-5,8-10,14H,2,6-7,17H2,1H3,(H,18,20). The molecule has 1 saturated carbocycles. The first-order valence-corrected chi connectivity index (χ1v) is 7.05. The van der Waals surface area contributed by atoms with Gasteiger partial charge in [0.15, 0.2) is 0 Å². The van der Waals surface area contributed by atoms with Crippen molar-refractivity contribution in [3.8, 4) is 0 Å². The third kappa shape index (κ3) is 2.54. The quantitative estimate of drug-likeness (QED) is 0.895. The number of carbonyl (C=O) groups is 1. The third-order valence-electron chi connectivity index (χ3n) is 3.64. The number of benzene rings is 1. The predicted molar refractivity (Wildman–Crippen MR) is 80.9 cm³/mol. The average molecular weight is 269 g/mol. The minimum absolute atomic E-state index is 0.0955. The highest BCUT2D eigenvalue weighted by Crippen LogP contribution is 2.37. The van der Waals surface area contributed by atoms with Crippen molar-refractivity contribution in [1.29, 1.82) is 0 Å². The fourth-order valence-corrected chi connectivity index (χ4v) is 2.40. The number of nitrogen functional groups attached to an aromatic ring is 1. The van der Waals surface area contributed by atoms with Gasteiger partial charge in [-0.2, -0.15) is 0 Å². The summed E-state index contributed by atoms with van der Waals surface area (Å²) in [5, 5.41) is 2.95. The van der Waals surface area contributed by atoms with Crippen LogP contribution in [0.15, 0.2) is 36.5 Å². The van der Waals surface area contributed by atoms with Gasteiger partial charge in [-0.3, -0.25) is 4.79 Å². The highest BCUT2D eigenvalue weighted by atomic mass is 16.1. The Labute approximate surface area is 118 Å². The van der Waals surface area contributed by atoms with Crippen LogP contribution in [0.2, 0.25) is 0 Å². The van der Waals surface area contributed by atoms with E-state index in [0.717, 1.165) is 24.9 Å². The number of aromatic nitrogens is 1. The van der Waals surface area contributed by atoms with E-state index in [1.807, 2.05) is 29.0 Å². The first kappa shape index (κ1) is 12.8. The lowest BCUT2D eigenvalue weighted by Crippen LogP contribution is -2.16. The minimum Gasteiger partial charge on any atom is -0.397 e. The molecule has 1 aromatic heterocycles. The van der Waals surface area contributed by atoms with Gasteiger partial charge in [0.1, 0.15) is 5.69 Å². The summed E-state index contributed by atoms with van der Waals surface area (Å²) in [6.45, 7) is 2.10. The first-order chi connectivity index (χ1) is 9.67. The Morgan fingerprint density at radius 3 is 2.90 bits per heavy atom. The van der Waals surface area contributed by atoms with Crippen LogP contribution >= 0.6 is 0 Å². The number of hydrogen-bond acceptors (Lipinski definition) is 2. The van der Waals surface area contributed by atoms with Gasteiger partial charge in [0, 0.05) is 17.9 Å². The zero-order valence-electron chi connectivity index (χ0n) is 11.6. The molecule has 1 amide bonds. The smallest absolute Gasteiger partial charge is 0.272 e. The first-order valence-electron chi connectivity index (χ1n) is 7.05. The number of carbonyl (C=O) groups excluding carboxylic acids is 1. The summed E-state index contributed by atoms with van der Waals surface area (Å²) < 4.78 is 1.99. The summed E-state index contributed by atoms with van der Waals surface area (Å²) >= 11 is 0. The molecule has 0 atom stereocenters. The Morgan fingerprint density at radius 1 is 1.40 bits per heavy atom. The van der Waals surface area contributed by atoms with Crippen molar-refractivity contribution in [1.82, 2.24) is 4.57 Å². The van der Waals surface area contributed by atoms with E-state index in [0.29, 0.717) is 17.4 Å². The van der Waals surface area contributed by atoms with Gasteiger partial charge in [-0.1, -0.05) is 19.1 Å². The zero-order valence-corrected chi connectivity index (χ0v) is 11.6. The van der Waals surface area contributed by atoms with Crippen molar-refractivity contribution in [2.24, 2.45) is 0 Å². The normalized spacial score (nSPS) is 14.2. The molecule has 0 radical (unpaired) electrons. The van der Waals surface area contributed by atoms with E-state index in [-0.39, 0.29) is 5.91 Å². The molecule has 0 aliphatic heterocycles.